The lowest BCUT2D eigenvalue weighted by Gasteiger charge is -2.11. The van der Waals surface area contributed by atoms with Gasteiger partial charge in [0, 0.05) is 23.7 Å². The molecule has 0 saturated heterocycles. The topological polar surface area (TPSA) is 107 Å². The lowest BCUT2D eigenvalue weighted by atomic mass is 10.1. The van der Waals surface area contributed by atoms with E-state index in [0.717, 1.165) is 28.8 Å². The standard InChI is InChI=1S/C23H22N6O2/c1-13-8-19(29-20(13)21(24)26-12-27-29)15-9-17(23(31-2)25-11-15)22(30)28-18-10-16(18)14-6-4-3-5-7-14/h3-9,11-12,16,18H,10H2,1-2H3,(H,28,30)(H2,24,26,27)/t16-,18+/m1/s1. The molecular weight excluding hydrogens is 392 g/mol. The maximum Gasteiger partial charge on any atom is 0.257 e. The molecule has 3 heterocycles. The van der Waals surface area contributed by atoms with E-state index in [9.17, 15) is 4.79 Å². The van der Waals surface area contributed by atoms with Crippen molar-refractivity contribution >= 4 is 17.2 Å². The lowest BCUT2D eigenvalue weighted by Crippen LogP contribution is -2.27. The fraction of sp³-hybridized carbons (Fsp3) is 0.217. The molecule has 0 unspecified atom stereocenters. The first-order valence-corrected chi connectivity index (χ1v) is 10.1. The third-order valence-electron chi connectivity index (χ3n) is 5.69. The molecule has 0 aliphatic heterocycles. The number of methoxy groups -OCH3 is 1. The summed E-state index contributed by atoms with van der Waals surface area (Å²) >= 11 is 0. The van der Waals surface area contributed by atoms with Gasteiger partial charge in [0.25, 0.3) is 5.91 Å². The number of carbonyl (C=O) groups excluding carboxylic acids is 1. The first-order chi connectivity index (χ1) is 15.1. The Kier molecular flexibility index (Phi) is 4.54. The molecule has 156 valence electrons. The number of carbonyl (C=O) groups is 1. The highest BCUT2D eigenvalue weighted by Gasteiger charge is 2.39. The molecule has 4 aromatic rings. The second-order valence-corrected chi connectivity index (χ2v) is 7.73. The fourth-order valence-corrected chi connectivity index (χ4v) is 4.05. The fourth-order valence-electron chi connectivity index (χ4n) is 4.05. The van der Waals surface area contributed by atoms with Crippen LogP contribution < -0.4 is 15.8 Å². The number of aryl methyl sites for hydroxylation is 1. The van der Waals surface area contributed by atoms with Gasteiger partial charge in [-0.15, -0.1) is 0 Å². The molecule has 1 fully saturated rings. The average molecular weight is 414 g/mol. The van der Waals surface area contributed by atoms with Crippen LogP contribution in [0, 0.1) is 6.92 Å². The normalized spacial score (nSPS) is 17.5. The van der Waals surface area contributed by atoms with Gasteiger partial charge < -0.3 is 15.8 Å². The molecule has 0 bridgehead atoms. The van der Waals surface area contributed by atoms with Crippen LogP contribution in [0.1, 0.15) is 33.8 Å². The highest BCUT2D eigenvalue weighted by Crippen LogP contribution is 2.41. The molecule has 2 atom stereocenters. The van der Waals surface area contributed by atoms with Gasteiger partial charge >= 0.3 is 0 Å². The Bertz CT molecular complexity index is 1280. The van der Waals surface area contributed by atoms with Gasteiger partial charge in [0.1, 0.15) is 17.4 Å². The van der Waals surface area contributed by atoms with E-state index in [-0.39, 0.29) is 17.8 Å². The zero-order valence-electron chi connectivity index (χ0n) is 17.2. The molecule has 0 radical (unpaired) electrons. The zero-order chi connectivity index (χ0) is 21.5. The van der Waals surface area contributed by atoms with Gasteiger partial charge in [-0.25, -0.2) is 14.5 Å². The number of nitrogen functional groups attached to an aromatic ring is 1. The number of nitrogens with two attached hydrogens (primary N) is 1. The largest absolute Gasteiger partial charge is 0.480 e. The van der Waals surface area contributed by atoms with Crippen LogP contribution in [0.5, 0.6) is 5.88 Å². The minimum Gasteiger partial charge on any atom is -0.480 e. The summed E-state index contributed by atoms with van der Waals surface area (Å²) in [4.78, 5) is 21.5. The average Bonchev–Trinajstić information content (AvgIpc) is 3.47. The van der Waals surface area contributed by atoms with E-state index in [0.29, 0.717) is 17.3 Å². The van der Waals surface area contributed by atoms with Crippen molar-refractivity contribution in [3.8, 4) is 17.1 Å². The molecule has 1 aromatic carbocycles. The van der Waals surface area contributed by atoms with Crippen molar-refractivity contribution in [3.05, 3.63) is 71.7 Å². The summed E-state index contributed by atoms with van der Waals surface area (Å²) < 4.78 is 7.08. The summed E-state index contributed by atoms with van der Waals surface area (Å²) in [7, 11) is 1.51. The van der Waals surface area contributed by atoms with Crippen LogP contribution in [0.4, 0.5) is 5.82 Å². The first kappa shape index (κ1) is 19.0. The molecule has 1 aliphatic rings. The summed E-state index contributed by atoms with van der Waals surface area (Å²) in [6, 6.07) is 14.0. The highest BCUT2D eigenvalue weighted by atomic mass is 16.5. The second-order valence-electron chi connectivity index (χ2n) is 7.73. The first-order valence-electron chi connectivity index (χ1n) is 10.1. The summed E-state index contributed by atoms with van der Waals surface area (Å²) in [5.74, 6) is 0.814. The molecular formula is C23H22N6O2. The Balaban J connectivity index is 1.46. The van der Waals surface area contributed by atoms with Crippen LogP contribution in [-0.4, -0.2) is 38.6 Å². The van der Waals surface area contributed by atoms with Crippen molar-refractivity contribution in [2.45, 2.75) is 25.3 Å². The summed E-state index contributed by atoms with van der Waals surface area (Å²) in [5, 5.41) is 7.44. The van der Waals surface area contributed by atoms with Crippen molar-refractivity contribution in [1.29, 1.82) is 0 Å². The molecule has 0 spiro atoms. The van der Waals surface area contributed by atoms with Crippen LogP contribution >= 0.6 is 0 Å². The second kappa shape index (κ2) is 7.39. The molecule has 31 heavy (non-hydrogen) atoms. The maximum atomic E-state index is 13.1. The number of aromatic nitrogens is 4. The number of benzene rings is 1. The smallest absolute Gasteiger partial charge is 0.257 e. The van der Waals surface area contributed by atoms with Gasteiger partial charge in [0.2, 0.25) is 5.88 Å². The number of hydrogen-bond acceptors (Lipinski definition) is 6. The van der Waals surface area contributed by atoms with E-state index in [4.69, 9.17) is 10.5 Å². The van der Waals surface area contributed by atoms with Gasteiger partial charge in [0.15, 0.2) is 5.82 Å². The zero-order valence-corrected chi connectivity index (χ0v) is 17.2. The van der Waals surface area contributed by atoms with Gasteiger partial charge in [-0.05, 0) is 36.6 Å². The predicted octanol–water partition coefficient (Wildman–Crippen LogP) is 2.98. The van der Waals surface area contributed by atoms with Crippen molar-refractivity contribution in [1.82, 2.24) is 24.9 Å². The van der Waals surface area contributed by atoms with Crippen LogP contribution in [0.3, 0.4) is 0 Å². The van der Waals surface area contributed by atoms with Crippen molar-refractivity contribution < 1.29 is 9.53 Å². The van der Waals surface area contributed by atoms with Crippen LogP contribution in [0.2, 0.25) is 0 Å². The Labute approximate surface area is 179 Å². The van der Waals surface area contributed by atoms with E-state index in [1.807, 2.05) is 31.2 Å². The SMILES string of the molecule is COc1ncc(-c2cc(C)c3c(N)ncnn23)cc1C(=O)N[C@H]1C[C@@H]1c1ccccc1. The number of hydrogen-bond donors (Lipinski definition) is 2. The number of nitrogens with zero attached hydrogens (tertiary/aromatic N) is 4. The van der Waals surface area contributed by atoms with Crippen LogP contribution in [0.15, 0.2) is 55.0 Å². The Morgan fingerprint density at radius 2 is 2.03 bits per heavy atom. The van der Waals surface area contributed by atoms with E-state index >= 15 is 0 Å². The quantitative estimate of drug-likeness (QED) is 0.520. The Morgan fingerprint density at radius 3 is 2.81 bits per heavy atom. The van der Waals surface area contributed by atoms with Crippen molar-refractivity contribution in [3.63, 3.8) is 0 Å². The van der Waals surface area contributed by atoms with Gasteiger partial charge in [-0.1, -0.05) is 30.3 Å². The maximum absolute atomic E-state index is 13.1. The van der Waals surface area contributed by atoms with Gasteiger partial charge in [0.05, 0.1) is 12.8 Å². The minimum absolute atomic E-state index is 0.104. The number of amides is 1. The molecule has 8 nitrogen and oxygen atoms in total. The van der Waals surface area contributed by atoms with Gasteiger partial charge in [-0.3, -0.25) is 4.79 Å². The van der Waals surface area contributed by atoms with Crippen LogP contribution in [0.25, 0.3) is 16.8 Å². The van der Waals surface area contributed by atoms with E-state index in [1.165, 1.54) is 19.0 Å². The molecule has 3 N–H and O–H groups in total. The van der Waals surface area contributed by atoms with Gasteiger partial charge in [-0.2, -0.15) is 5.10 Å². The monoisotopic (exact) mass is 414 g/mol. The number of ether oxygens (including phenoxy) is 1. The molecule has 3 aromatic heterocycles. The molecule has 5 rings (SSSR count). The van der Waals surface area contributed by atoms with E-state index < -0.39 is 0 Å². The third kappa shape index (κ3) is 3.35. The number of pyridine rings is 1. The summed E-state index contributed by atoms with van der Waals surface area (Å²) in [6.07, 6.45) is 4.00. The molecule has 1 saturated carbocycles. The van der Waals surface area contributed by atoms with Crippen LogP contribution in [-0.2, 0) is 0 Å². The third-order valence-corrected chi connectivity index (χ3v) is 5.69. The van der Waals surface area contributed by atoms with Crippen molar-refractivity contribution in [2.75, 3.05) is 12.8 Å². The number of anilines is 1. The predicted molar refractivity (Wildman–Crippen MR) is 117 cm³/mol. The lowest BCUT2D eigenvalue weighted by molar-refractivity contribution is 0.0946. The summed E-state index contributed by atoms with van der Waals surface area (Å²) in [5.41, 5.74) is 10.8. The Morgan fingerprint density at radius 1 is 1.23 bits per heavy atom. The van der Waals surface area contributed by atoms with E-state index in [1.54, 1.807) is 16.8 Å². The Hall–Kier alpha value is -3.94. The minimum atomic E-state index is -0.207. The highest BCUT2D eigenvalue weighted by molar-refractivity contribution is 5.98. The molecule has 1 aliphatic carbocycles. The number of nitrogens with one attached hydrogen (secondary N) is 1. The summed E-state index contributed by atoms with van der Waals surface area (Å²) in [6.45, 7) is 1.94. The molecule has 1 amide bonds. The number of rotatable bonds is 5. The number of fused-ring (bicyclic) bond motifs is 1. The van der Waals surface area contributed by atoms with Crippen molar-refractivity contribution in [2.24, 2.45) is 0 Å². The molecule has 8 heteroatoms. The van der Waals surface area contributed by atoms with E-state index in [2.05, 4.69) is 32.5 Å².